The van der Waals surface area contributed by atoms with Crippen molar-refractivity contribution in [2.75, 3.05) is 43.0 Å². The van der Waals surface area contributed by atoms with Crippen molar-refractivity contribution >= 4 is 34.7 Å². The molecule has 1 aliphatic rings. The third-order valence-corrected chi connectivity index (χ3v) is 5.92. The molecule has 7 nitrogen and oxygen atoms in total. The predicted molar refractivity (Wildman–Crippen MR) is 122 cm³/mol. The molecule has 160 valence electrons. The summed E-state index contributed by atoms with van der Waals surface area (Å²) in [6.45, 7) is 5.13. The fourth-order valence-corrected chi connectivity index (χ4v) is 4.17. The number of para-hydroxylation sites is 1. The molecule has 1 aliphatic heterocycles. The molecule has 3 aromatic rings. The minimum absolute atomic E-state index is 0.0907. The van der Waals surface area contributed by atoms with Crippen molar-refractivity contribution < 1.29 is 14.3 Å². The standard InChI is InChI=1S/C23H24N4O3S/c1-2-30-19-7-4-3-6-18(19)22(28)25-17-9-10-21(24-16-17)26-11-13-27(14-12-26)23(29)20-8-5-15-31-20/h3-10,15-16H,2,11-14H2,1H3,(H,25,28). The maximum atomic E-state index is 12.6. The number of hydrogen-bond donors (Lipinski definition) is 1. The van der Waals surface area contributed by atoms with Crippen LogP contribution in [0.1, 0.15) is 27.0 Å². The Bertz CT molecular complexity index is 1030. The van der Waals surface area contributed by atoms with Crippen molar-refractivity contribution in [1.29, 1.82) is 0 Å². The van der Waals surface area contributed by atoms with Gasteiger partial charge in [0.15, 0.2) is 0 Å². The SMILES string of the molecule is CCOc1ccccc1C(=O)Nc1ccc(N2CCN(C(=O)c3cccs3)CC2)nc1. The highest BCUT2D eigenvalue weighted by atomic mass is 32.1. The Morgan fingerprint density at radius 3 is 2.55 bits per heavy atom. The number of nitrogens with one attached hydrogen (secondary N) is 1. The summed E-state index contributed by atoms with van der Waals surface area (Å²) in [6.07, 6.45) is 1.65. The van der Waals surface area contributed by atoms with E-state index < -0.39 is 0 Å². The fraction of sp³-hybridized carbons (Fsp3) is 0.261. The van der Waals surface area contributed by atoms with E-state index in [4.69, 9.17) is 4.74 Å². The van der Waals surface area contributed by atoms with E-state index in [0.717, 1.165) is 23.8 Å². The zero-order valence-corrected chi connectivity index (χ0v) is 18.1. The van der Waals surface area contributed by atoms with Gasteiger partial charge in [-0.05, 0) is 42.6 Å². The van der Waals surface area contributed by atoms with Crippen molar-refractivity contribution in [3.63, 3.8) is 0 Å². The maximum absolute atomic E-state index is 12.6. The van der Waals surface area contributed by atoms with Gasteiger partial charge in [0.25, 0.3) is 11.8 Å². The Morgan fingerprint density at radius 2 is 1.87 bits per heavy atom. The number of piperazine rings is 1. The van der Waals surface area contributed by atoms with Crippen molar-refractivity contribution in [2.45, 2.75) is 6.92 Å². The minimum atomic E-state index is -0.237. The van der Waals surface area contributed by atoms with E-state index in [1.807, 2.05) is 53.6 Å². The van der Waals surface area contributed by atoms with E-state index in [0.29, 0.717) is 36.7 Å². The Labute approximate surface area is 185 Å². The minimum Gasteiger partial charge on any atom is -0.493 e. The molecule has 8 heteroatoms. The summed E-state index contributed by atoms with van der Waals surface area (Å²) in [5.74, 6) is 1.24. The number of carbonyl (C=O) groups excluding carboxylic acids is 2. The van der Waals surface area contributed by atoms with E-state index >= 15 is 0 Å². The predicted octanol–water partition coefficient (Wildman–Crippen LogP) is 3.76. The highest BCUT2D eigenvalue weighted by Gasteiger charge is 2.23. The number of thiophene rings is 1. The lowest BCUT2D eigenvalue weighted by Gasteiger charge is -2.35. The van der Waals surface area contributed by atoms with Gasteiger partial charge in [-0.25, -0.2) is 4.98 Å². The molecule has 0 aliphatic carbocycles. The van der Waals surface area contributed by atoms with Gasteiger partial charge in [0.05, 0.1) is 28.9 Å². The average Bonchev–Trinajstić information content (AvgIpc) is 3.35. The average molecular weight is 437 g/mol. The largest absolute Gasteiger partial charge is 0.493 e. The molecule has 2 aromatic heterocycles. The van der Waals surface area contributed by atoms with E-state index in [1.165, 1.54) is 11.3 Å². The van der Waals surface area contributed by atoms with Gasteiger partial charge < -0.3 is 19.9 Å². The van der Waals surface area contributed by atoms with Crippen LogP contribution in [-0.2, 0) is 0 Å². The smallest absolute Gasteiger partial charge is 0.264 e. The number of amides is 2. The summed E-state index contributed by atoms with van der Waals surface area (Å²) in [4.78, 5) is 34.4. The molecule has 31 heavy (non-hydrogen) atoms. The highest BCUT2D eigenvalue weighted by molar-refractivity contribution is 7.12. The fourth-order valence-electron chi connectivity index (χ4n) is 3.48. The molecule has 0 atom stereocenters. The van der Waals surface area contributed by atoms with Gasteiger partial charge in [-0.3, -0.25) is 9.59 Å². The van der Waals surface area contributed by atoms with Crippen LogP contribution in [0.5, 0.6) is 5.75 Å². The molecule has 0 unspecified atom stereocenters. The lowest BCUT2D eigenvalue weighted by atomic mass is 10.2. The number of benzene rings is 1. The van der Waals surface area contributed by atoms with Gasteiger partial charge in [-0.15, -0.1) is 11.3 Å². The molecular formula is C23H24N4O3S. The van der Waals surface area contributed by atoms with Gasteiger partial charge in [0, 0.05) is 26.2 Å². The number of hydrogen-bond acceptors (Lipinski definition) is 6. The van der Waals surface area contributed by atoms with Crippen molar-refractivity contribution in [2.24, 2.45) is 0 Å². The first-order chi connectivity index (χ1) is 15.2. The highest BCUT2D eigenvalue weighted by Crippen LogP contribution is 2.21. The topological polar surface area (TPSA) is 74.8 Å². The molecule has 0 bridgehead atoms. The second-order valence-electron chi connectivity index (χ2n) is 7.04. The van der Waals surface area contributed by atoms with Crippen LogP contribution in [0.25, 0.3) is 0 Å². The summed E-state index contributed by atoms with van der Waals surface area (Å²) in [5, 5.41) is 4.79. The number of anilines is 2. The molecule has 1 fully saturated rings. The molecule has 1 aromatic carbocycles. The first kappa shape index (κ1) is 20.9. The normalized spacial score (nSPS) is 13.7. The van der Waals surface area contributed by atoms with Gasteiger partial charge in [0.1, 0.15) is 11.6 Å². The van der Waals surface area contributed by atoms with Crippen LogP contribution in [0.4, 0.5) is 11.5 Å². The molecular weight excluding hydrogens is 412 g/mol. The Morgan fingerprint density at radius 1 is 1.06 bits per heavy atom. The molecule has 1 saturated heterocycles. The molecule has 2 amide bonds. The van der Waals surface area contributed by atoms with E-state index in [-0.39, 0.29) is 11.8 Å². The molecule has 4 rings (SSSR count). The molecule has 1 N–H and O–H groups in total. The lowest BCUT2D eigenvalue weighted by Crippen LogP contribution is -2.48. The van der Waals surface area contributed by atoms with E-state index in [1.54, 1.807) is 18.3 Å². The molecule has 0 saturated carbocycles. The third-order valence-electron chi connectivity index (χ3n) is 5.06. The van der Waals surface area contributed by atoms with Crippen LogP contribution in [0.15, 0.2) is 60.1 Å². The first-order valence-electron chi connectivity index (χ1n) is 10.2. The van der Waals surface area contributed by atoms with Gasteiger partial charge >= 0.3 is 0 Å². The lowest BCUT2D eigenvalue weighted by molar-refractivity contribution is 0.0751. The second kappa shape index (κ2) is 9.61. The Hall–Kier alpha value is -3.39. The van der Waals surface area contributed by atoms with Crippen LogP contribution in [0.2, 0.25) is 0 Å². The number of pyridine rings is 1. The maximum Gasteiger partial charge on any atom is 0.264 e. The van der Waals surface area contributed by atoms with Crippen molar-refractivity contribution in [3.8, 4) is 5.75 Å². The van der Waals surface area contributed by atoms with Crippen molar-refractivity contribution in [1.82, 2.24) is 9.88 Å². The van der Waals surface area contributed by atoms with Crippen LogP contribution in [0.3, 0.4) is 0 Å². The van der Waals surface area contributed by atoms with Crippen LogP contribution < -0.4 is 15.0 Å². The van der Waals surface area contributed by atoms with Crippen LogP contribution >= 0.6 is 11.3 Å². The summed E-state index contributed by atoms with van der Waals surface area (Å²) in [7, 11) is 0. The van der Waals surface area contributed by atoms with Crippen molar-refractivity contribution in [3.05, 3.63) is 70.5 Å². The molecule has 3 heterocycles. The van der Waals surface area contributed by atoms with Gasteiger partial charge in [0.2, 0.25) is 0 Å². The van der Waals surface area contributed by atoms with Gasteiger partial charge in [-0.2, -0.15) is 0 Å². The number of ether oxygens (including phenoxy) is 1. The number of aromatic nitrogens is 1. The summed E-state index contributed by atoms with van der Waals surface area (Å²) in [6, 6.07) is 14.7. The third kappa shape index (κ3) is 4.86. The van der Waals surface area contributed by atoms with E-state index in [9.17, 15) is 9.59 Å². The second-order valence-corrected chi connectivity index (χ2v) is 7.99. The Balaban J connectivity index is 1.35. The zero-order valence-electron chi connectivity index (χ0n) is 17.3. The molecule has 0 radical (unpaired) electrons. The summed E-state index contributed by atoms with van der Waals surface area (Å²) < 4.78 is 5.53. The quantitative estimate of drug-likeness (QED) is 0.637. The van der Waals surface area contributed by atoms with Gasteiger partial charge in [-0.1, -0.05) is 18.2 Å². The monoisotopic (exact) mass is 436 g/mol. The van der Waals surface area contributed by atoms with Crippen LogP contribution in [0, 0.1) is 0 Å². The first-order valence-corrected chi connectivity index (χ1v) is 11.1. The number of carbonyl (C=O) groups is 2. The summed E-state index contributed by atoms with van der Waals surface area (Å²) in [5.41, 5.74) is 1.10. The van der Waals surface area contributed by atoms with Crippen LogP contribution in [-0.4, -0.2) is 54.5 Å². The molecule has 0 spiro atoms. The summed E-state index contributed by atoms with van der Waals surface area (Å²) >= 11 is 1.47. The number of rotatable bonds is 6. The number of nitrogens with zero attached hydrogens (tertiary/aromatic N) is 3. The zero-order chi connectivity index (χ0) is 21.6. The van der Waals surface area contributed by atoms with E-state index in [2.05, 4.69) is 15.2 Å². The Kier molecular flexibility index (Phi) is 6.47.